The van der Waals surface area contributed by atoms with E-state index in [0.29, 0.717) is 11.2 Å². The number of aryl methyl sites for hydroxylation is 1. The van der Waals surface area contributed by atoms with E-state index in [4.69, 9.17) is 4.52 Å². The van der Waals surface area contributed by atoms with Crippen molar-refractivity contribution in [1.82, 2.24) is 9.56 Å². The number of fused-ring (bicyclic) bond motifs is 1. The molecule has 4 aromatic rings. The minimum atomic E-state index is -0.378. The highest BCUT2D eigenvalue weighted by Crippen LogP contribution is 2.25. The molecule has 0 aliphatic carbocycles. The Balaban J connectivity index is 2.04. The van der Waals surface area contributed by atoms with Crippen LogP contribution in [-0.2, 0) is 0 Å². The van der Waals surface area contributed by atoms with Gasteiger partial charge in [-0.1, -0.05) is 60.7 Å². The summed E-state index contributed by atoms with van der Waals surface area (Å²) in [4.78, 5) is 17.0. The fourth-order valence-electron chi connectivity index (χ4n) is 2.72. The highest BCUT2D eigenvalue weighted by atomic mass is 16.5. The van der Waals surface area contributed by atoms with Crippen molar-refractivity contribution in [3.63, 3.8) is 0 Å². The van der Waals surface area contributed by atoms with Gasteiger partial charge in [0, 0.05) is 5.56 Å². The molecule has 112 valence electrons. The molecule has 2 heterocycles. The molecule has 0 atom stereocenters. The van der Waals surface area contributed by atoms with Gasteiger partial charge in [0.2, 0.25) is 0 Å². The summed E-state index contributed by atoms with van der Waals surface area (Å²) < 4.78 is 6.87. The summed E-state index contributed by atoms with van der Waals surface area (Å²) in [5.74, 6) is 0. The fourth-order valence-corrected chi connectivity index (χ4v) is 2.72. The molecule has 0 bridgehead atoms. The lowest BCUT2D eigenvalue weighted by Crippen LogP contribution is -1.96. The lowest BCUT2D eigenvalue weighted by molar-refractivity contribution is 0.342. The van der Waals surface area contributed by atoms with E-state index in [0.717, 1.165) is 22.5 Å². The number of aromatic nitrogens is 2. The van der Waals surface area contributed by atoms with E-state index in [-0.39, 0.29) is 5.63 Å². The van der Waals surface area contributed by atoms with Crippen molar-refractivity contribution in [1.29, 1.82) is 0 Å². The molecule has 4 rings (SSSR count). The Morgan fingerprint density at radius 3 is 2.17 bits per heavy atom. The second-order valence-corrected chi connectivity index (χ2v) is 5.39. The van der Waals surface area contributed by atoms with Crippen molar-refractivity contribution in [2.75, 3.05) is 0 Å². The quantitative estimate of drug-likeness (QED) is 0.563. The van der Waals surface area contributed by atoms with Gasteiger partial charge < -0.3 is 4.52 Å². The van der Waals surface area contributed by atoms with Crippen LogP contribution < -0.4 is 5.63 Å². The Kier molecular flexibility index (Phi) is 3.08. The summed E-state index contributed by atoms with van der Waals surface area (Å²) in [5.41, 5.74) is 4.12. The number of hydrogen-bond acceptors (Lipinski definition) is 3. The first-order valence-corrected chi connectivity index (χ1v) is 7.38. The van der Waals surface area contributed by atoms with Gasteiger partial charge in [0.1, 0.15) is 5.56 Å². The van der Waals surface area contributed by atoms with Crippen molar-refractivity contribution >= 4 is 5.65 Å². The van der Waals surface area contributed by atoms with Crippen LogP contribution in [0.5, 0.6) is 0 Å². The van der Waals surface area contributed by atoms with Crippen molar-refractivity contribution in [2.45, 2.75) is 6.92 Å². The van der Waals surface area contributed by atoms with E-state index in [1.54, 1.807) is 0 Å². The monoisotopic (exact) mass is 302 g/mol. The van der Waals surface area contributed by atoms with E-state index < -0.39 is 0 Å². The average molecular weight is 302 g/mol. The van der Waals surface area contributed by atoms with Crippen LogP contribution in [0.1, 0.15) is 5.69 Å². The van der Waals surface area contributed by atoms with E-state index >= 15 is 0 Å². The maximum atomic E-state index is 12.3. The van der Waals surface area contributed by atoms with E-state index in [2.05, 4.69) is 4.98 Å². The lowest BCUT2D eigenvalue weighted by atomic mass is 10.1. The molecule has 0 spiro atoms. The third-order valence-electron chi connectivity index (χ3n) is 3.82. The highest BCUT2D eigenvalue weighted by molar-refractivity contribution is 5.78. The van der Waals surface area contributed by atoms with Crippen LogP contribution in [0.25, 0.3) is 28.0 Å². The molecule has 0 amide bonds. The molecular formula is C19H14N2O2. The summed E-state index contributed by atoms with van der Waals surface area (Å²) in [5, 5.41) is 0. The molecule has 0 aliphatic rings. The Hall–Kier alpha value is -3.14. The van der Waals surface area contributed by atoms with Crippen molar-refractivity contribution in [2.24, 2.45) is 0 Å². The first kappa shape index (κ1) is 13.5. The Morgan fingerprint density at radius 2 is 1.52 bits per heavy atom. The average Bonchev–Trinajstić information content (AvgIpc) is 2.93. The zero-order valence-electron chi connectivity index (χ0n) is 12.6. The van der Waals surface area contributed by atoms with Gasteiger partial charge in [-0.05, 0) is 18.6 Å². The molecule has 0 saturated heterocycles. The normalized spacial score (nSPS) is 11.0. The molecule has 23 heavy (non-hydrogen) atoms. The summed E-state index contributed by atoms with van der Waals surface area (Å²) >= 11 is 0. The molecule has 2 aromatic heterocycles. The molecule has 4 heteroatoms. The molecule has 0 fully saturated rings. The molecule has 0 saturated carbocycles. The molecule has 2 aromatic carbocycles. The smallest absolute Gasteiger partial charge is 0.329 e. The topological polar surface area (TPSA) is 47.5 Å². The number of rotatable bonds is 2. The zero-order chi connectivity index (χ0) is 15.8. The van der Waals surface area contributed by atoms with Crippen LogP contribution >= 0.6 is 0 Å². The maximum Gasteiger partial charge on any atom is 0.368 e. The minimum absolute atomic E-state index is 0.378. The Morgan fingerprint density at radius 1 is 0.913 bits per heavy atom. The van der Waals surface area contributed by atoms with Gasteiger partial charge in [-0.3, -0.25) is 0 Å². The summed E-state index contributed by atoms with van der Waals surface area (Å²) in [6.07, 6.45) is 0. The van der Waals surface area contributed by atoms with Crippen LogP contribution in [0.2, 0.25) is 0 Å². The third kappa shape index (κ3) is 2.25. The van der Waals surface area contributed by atoms with Gasteiger partial charge >= 0.3 is 5.63 Å². The van der Waals surface area contributed by atoms with Gasteiger partial charge in [0.05, 0.1) is 11.4 Å². The maximum absolute atomic E-state index is 12.3. The fraction of sp³-hybridized carbons (Fsp3) is 0.0526. The number of benzene rings is 2. The van der Waals surface area contributed by atoms with Crippen LogP contribution in [0.15, 0.2) is 76.0 Å². The van der Waals surface area contributed by atoms with Crippen LogP contribution in [0.3, 0.4) is 0 Å². The largest absolute Gasteiger partial charge is 0.368 e. The van der Waals surface area contributed by atoms with E-state index in [1.807, 2.05) is 73.7 Å². The first-order chi connectivity index (χ1) is 11.2. The molecule has 0 unspecified atom stereocenters. The Labute approximate surface area is 132 Å². The molecule has 0 aliphatic heterocycles. The van der Waals surface area contributed by atoms with Crippen molar-refractivity contribution < 1.29 is 4.52 Å². The second kappa shape index (κ2) is 5.25. The molecule has 0 radical (unpaired) electrons. The predicted molar refractivity (Wildman–Crippen MR) is 89.3 cm³/mol. The van der Waals surface area contributed by atoms with Gasteiger partial charge in [-0.2, -0.15) is 4.57 Å². The number of nitrogens with zero attached hydrogens (tertiary/aromatic N) is 2. The standard InChI is InChI=1S/C19H14N2O2/c1-13-12-16(14-8-4-2-5-9-14)20-18-17(19(22)23-21(13)18)15-10-6-3-7-11-15/h2-12H,1H3. The summed E-state index contributed by atoms with van der Waals surface area (Å²) in [6.45, 7) is 1.90. The van der Waals surface area contributed by atoms with E-state index in [9.17, 15) is 4.79 Å². The van der Waals surface area contributed by atoms with Gasteiger partial charge in [-0.25, -0.2) is 9.78 Å². The van der Waals surface area contributed by atoms with Crippen molar-refractivity contribution in [3.8, 4) is 22.4 Å². The minimum Gasteiger partial charge on any atom is -0.329 e. The zero-order valence-corrected chi connectivity index (χ0v) is 12.6. The molecule has 0 N–H and O–H groups in total. The predicted octanol–water partition coefficient (Wildman–Crippen LogP) is 3.93. The SMILES string of the molecule is Cc1cc(-c2ccccc2)nc2c(-c3ccccc3)c(=O)on12. The number of hydrogen-bond donors (Lipinski definition) is 0. The summed E-state index contributed by atoms with van der Waals surface area (Å²) in [6, 6.07) is 21.3. The third-order valence-corrected chi connectivity index (χ3v) is 3.82. The van der Waals surface area contributed by atoms with Gasteiger partial charge in [0.25, 0.3) is 0 Å². The molecular weight excluding hydrogens is 288 g/mol. The highest BCUT2D eigenvalue weighted by Gasteiger charge is 2.17. The van der Waals surface area contributed by atoms with Crippen LogP contribution in [-0.4, -0.2) is 9.56 Å². The second-order valence-electron chi connectivity index (χ2n) is 5.39. The first-order valence-electron chi connectivity index (χ1n) is 7.38. The van der Waals surface area contributed by atoms with Crippen LogP contribution in [0, 0.1) is 6.92 Å². The lowest BCUT2D eigenvalue weighted by Gasteiger charge is -2.05. The summed E-state index contributed by atoms with van der Waals surface area (Å²) in [7, 11) is 0. The Bertz CT molecular complexity index is 1030. The van der Waals surface area contributed by atoms with Crippen molar-refractivity contribution in [3.05, 3.63) is 82.8 Å². The molecule has 4 nitrogen and oxygen atoms in total. The van der Waals surface area contributed by atoms with Gasteiger partial charge in [-0.15, -0.1) is 0 Å². The van der Waals surface area contributed by atoms with Gasteiger partial charge in [0.15, 0.2) is 5.65 Å². The van der Waals surface area contributed by atoms with E-state index in [1.165, 1.54) is 4.57 Å². The van der Waals surface area contributed by atoms with Crippen LogP contribution in [0.4, 0.5) is 0 Å².